The number of nitrogens with one attached hydrogen (secondary N) is 2. The third-order valence-corrected chi connectivity index (χ3v) is 3.19. The molecule has 0 fully saturated rings. The van der Waals surface area contributed by atoms with Crippen molar-refractivity contribution in [2.45, 2.75) is 26.9 Å². The van der Waals surface area contributed by atoms with Gasteiger partial charge in [-0.15, -0.1) is 0 Å². The molecule has 1 aromatic carbocycles. The summed E-state index contributed by atoms with van der Waals surface area (Å²) in [5.41, 5.74) is 1.94. The van der Waals surface area contributed by atoms with Crippen LogP contribution in [-0.4, -0.2) is 27.0 Å². The highest BCUT2D eigenvalue weighted by atomic mass is 16.5. The molecule has 0 unspecified atom stereocenters. The van der Waals surface area contributed by atoms with E-state index in [1.54, 1.807) is 18.3 Å². The standard InChI is InChI=1S/C18H19N5O2/c1-11(2)25-14-6-4-5-13(9-14)21-17-10-19-15-7-8-16(20-12(3)24)22-18(15)23-17/h4-11H,1-3H3,(H2,20,21,22,23,24). The third-order valence-electron chi connectivity index (χ3n) is 3.19. The van der Waals surface area contributed by atoms with Crippen molar-refractivity contribution in [1.29, 1.82) is 0 Å². The van der Waals surface area contributed by atoms with E-state index < -0.39 is 0 Å². The Balaban J connectivity index is 1.84. The summed E-state index contributed by atoms with van der Waals surface area (Å²) in [4.78, 5) is 24.2. The summed E-state index contributed by atoms with van der Waals surface area (Å²) in [6.45, 7) is 5.39. The monoisotopic (exact) mass is 337 g/mol. The van der Waals surface area contributed by atoms with Crippen LogP contribution in [0.1, 0.15) is 20.8 Å². The molecule has 3 rings (SSSR count). The molecule has 2 aromatic heterocycles. The van der Waals surface area contributed by atoms with Crippen molar-refractivity contribution in [3.63, 3.8) is 0 Å². The van der Waals surface area contributed by atoms with E-state index in [0.717, 1.165) is 11.4 Å². The molecule has 0 aliphatic carbocycles. The Morgan fingerprint density at radius 1 is 1.12 bits per heavy atom. The smallest absolute Gasteiger partial charge is 0.222 e. The number of hydrogen-bond donors (Lipinski definition) is 2. The van der Waals surface area contributed by atoms with Crippen molar-refractivity contribution >= 4 is 34.4 Å². The largest absolute Gasteiger partial charge is 0.491 e. The molecule has 0 saturated heterocycles. The SMILES string of the molecule is CC(=O)Nc1ccc2ncc(Nc3cccc(OC(C)C)c3)nc2n1. The van der Waals surface area contributed by atoms with Crippen LogP contribution < -0.4 is 15.4 Å². The van der Waals surface area contributed by atoms with E-state index in [1.165, 1.54) is 6.92 Å². The predicted molar refractivity (Wildman–Crippen MR) is 97.1 cm³/mol. The lowest BCUT2D eigenvalue weighted by Gasteiger charge is -2.12. The van der Waals surface area contributed by atoms with Gasteiger partial charge < -0.3 is 15.4 Å². The molecule has 0 atom stereocenters. The fourth-order valence-electron chi connectivity index (χ4n) is 2.28. The van der Waals surface area contributed by atoms with E-state index in [0.29, 0.717) is 22.8 Å². The summed E-state index contributed by atoms with van der Waals surface area (Å²) in [6, 6.07) is 11.1. The van der Waals surface area contributed by atoms with Crippen LogP contribution in [0.4, 0.5) is 17.3 Å². The summed E-state index contributed by atoms with van der Waals surface area (Å²) in [6.07, 6.45) is 1.74. The van der Waals surface area contributed by atoms with Gasteiger partial charge in [-0.1, -0.05) is 6.07 Å². The maximum Gasteiger partial charge on any atom is 0.222 e. The van der Waals surface area contributed by atoms with Crippen molar-refractivity contribution in [2.24, 2.45) is 0 Å². The van der Waals surface area contributed by atoms with Gasteiger partial charge in [-0.3, -0.25) is 4.79 Å². The van der Waals surface area contributed by atoms with E-state index in [2.05, 4.69) is 25.6 Å². The highest BCUT2D eigenvalue weighted by Gasteiger charge is 2.05. The van der Waals surface area contributed by atoms with Crippen molar-refractivity contribution in [1.82, 2.24) is 15.0 Å². The van der Waals surface area contributed by atoms with Gasteiger partial charge in [0, 0.05) is 18.7 Å². The zero-order valence-electron chi connectivity index (χ0n) is 14.3. The van der Waals surface area contributed by atoms with Gasteiger partial charge in [0.05, 0.1) is 12.3 Å². The molecule has 2 N–H and O–H groups in total. The van der Waals surface area contributed by atoms with Crippen molar-refractivity contribution in [3.8, 4) is 5.75 Å². The van der Waals surface area contributed by atoms with E-state index in [-0.39, 0.29) is 12.0 Å². The van der Waals surface area contributed by atoms with Crippen LogP contribution >= 0.6 is 0 Å². The first-order valence-electron chi connectivity index (χ1n) is 7.95. The average Bonchev–Trinajstić information content (AvgIpc) is 2.53. The quantitative estimate of drug-likeness (QED) is 0.740. The zero-order valence-corrected chi connectivity index (χ0v) is 14.3. The summed E-state index contributed by atoms with van der Waals surface area (Å²) < 4.78 is 5.69. The number of amides is 1. The minimum atomic E-state index is -0.184. The summed E-state index contributed by atoms with van der Waals surface area (Å²) in [5, 5.41) is 5.83. The Bertz CT molecular complexity index is 911. The lowest BCUT2D eigenvalue weighted by molar-refractivity contribution is -0.114. The molecular weight excluding hydrogens is 318 g/mol. The maximum atomic E-state index is 11.2. The van der Waals surface area contributed by atoms with Crippen LogP contribution in [0.15, 0.2) is 42.6 Å². The van der Waals surface area contributed by atoms with Crippen molar-refractivity contribution < 1.29 is 9.53 Å². The number of rotatable bonds is 5. The Morgan fingerprint density at radius 3 is 2.68 bits per heavy atom. The van der Waals surface area contributed by atoms with Crippen LogP contribution in [0, 0.1) is 0 Å². The molecule has 2 heterocycles. The first-order chi connectivity index (χ1) is 12.0. The maximum absolute atomic E-state index is 11.2. The molecule has 25 heavy (non-hydrogen) atoms. The number of benzene rings is 1. The zero-order chi connectivity index (χ0) is 17.8. The number of aromatic nitrogens is 3. The van der Waals surface area contributed by atoms with Crippen LogP contribution in [0.3, 0.4) is 0 Å². The Kier molecular flexibility index (Phi) is 4.74. The van der Waals surface area contributed by atoms with Crippen LogP contribution in [-0.2, 0) is 4.79 Å². The molecule has 1 amide bonds. The second-order valence-electron chi connectivity index (χ2n) is 5.80. The van der Waals surface area contributed by atoms with Gasteiger partial charge in [0.15, 0.2) is 11.5 Å². The third kappa shape index (κ3) is 4.41. The first-order valence-corrected chi connectivity index (χ1v) is 7.95. The lowest BCUT2D eigenvalue weighted by atomic mass is 10.3. The number of carbonyl (C=O) groups excluding carboxylic acids is 1. The van der Waals surface area contributed by atoms with Crippen molar-refractivity contribution in [2.75, 3.05) is 10.6 Å². The number of ether oxygens (including phenoxy) is 1. The van der Waals surface area contributed by atoms with Gasteiger partial charge in [0.2, 0.25) is 5.91 Å². The molecule has 0 aliphatic heterocycles. The molecule has 0 saturated carbocycles. The highest BCUT2D eigenvalue weighted by molar-refractivity contribution is 5.88. The molecule has 0 aliphatic rings. The molecule has 0 bridgehead atoms. The van der Waals surface area contributed by atoms with E-state index >= 15 is 0 Å². The molecule has 7 heteroatoms. The number of pyridine rings is 1. The van der Waals surface area contributed by atoms with Crippen LogP contribution in [0.25, 0.3) is 11.2 Å². The van der Waals surface area contributed by atoms with Gasteiger partial charge in [-0.2, -0.15) is 0 Å². The number of fused-ring (bicyclic) bond motifs is 1. The topological polar surface area (TPSA) is 89.0 Å². The number of anilines is 3. The Labute approximate surface area is 145 Å². The highest BCUT2D eigenvalue weighted by Crippen LogP contribution is 2.22. The molecule has 128 valence electrons. The van der Waals surface area contributed by atoms with E-state index in [4.69, 9.17) is 4.74 Å². The normalized spacial score (nSPS) is 10.7. The lowest BCUT2D eigenvalue weighted by Crippen LogP contribution is -2.08. The first kappa shape index (κ1) is 16.6. The molecule has 0 spiro atoms. The number of hydrogen-bond acceptors (Lipinski definition) is 6. The van der Waals surface area contributed by atoms with Crippen LogP contribution in [0.5, 0.6) is 5.75 Å². The van der Waals surface area contributed by atoms with E-state index in [1.807, 2.05) is 38.1 Å². The Morgan fingerprint density at radius 2 is 1.92 bits per heavy atom. The van der Waals surface area contributed by atoms with Gasteiger partial charge in [0.1, 0.15) is 17.1 Å². The predicted octanol–water partition coefficient (Wildman–Crippen LogP) is 3.51. The Hall–Kier alpha value is -3.22. The number of nitrogens with zero attached hydrogens (tertiary/aromatic N) is 3. The van der Waals surface area contributed by atoms with Crippen LogP contribution in [0.2, 0.25) is 0 Å². The molecule has 0 radical (unpaired) electrons. The molecular formula is C18H19N5O2. The second-order valence-corrected chi connectivity index (χ2v) is 5.80. The molecule has 7 nitrogen and oxygen atoms in total. The molecule has 3 aromatic rings. The average molecular weight is 337 g/mol. The summed E-state index contributed by atoms with van der Waals surface area (Å²) in [7, 11) is 0. The van der Waals surface area contributed by atoms with Crippen molar-refractivity contribution in [3.05, 3.63) is 42.6 Å². The number of carbonyl (C=O) groups is 1. The fraction of sp³-hybridized carbons (Fsp3) is 0.222. The van der Waals surface area contributed by atoms with E-state index in [9.17, 15) is 4.79 Å². The second kappa shape index (κ2) is 7.12. The summed E-state index contributed by atoms with van der Waals surface area (Å²) in [5.74, 6) is 1.59. The van der Waals surface area contributed by atoms with Gasteiger partial charge in [-0.25, -0.2) is 15.0 Å². The van der Waals surface area contributed by atoms with Gasteiger partial charge in [0.25, 0.3) is 0 Å². The minimum absolute atomic E-state index is 0.104. The van der Waals surface area contributed by atoms with Gasteiger partial charge in [-0.05, 0) is 38.1 Å². The van der Waals surface area contributed by atoms with Gasteiger partial charge >= 0.3 is 0 Å². The summed E-state index contributed by atoms with van der Waals surface area (Å²) >= 11 is 0. The fourth-order valence-corrected chi connectivity index (χ4v) is 2.28. The minimum Gasteiger partial charge on any atom is -0.491 e.